The van der Waals surface area contributed by atoms with Crippen LogP contribution in [0, 0.1) is 0 Å². The van der Waals surface area contributed by atoms with E-state index in [1.54, 1.807) is 17.2 Å². The molecule has 3 aromatic rings. The highest BCUT2D eigenvalue weighted by Gasteiger charge is 2.26. The molecular weight excluding hydrogens is 324 g/mol. The first kappa shape index (κ1) is 16.3. The van der Waals surface area contributed by atoms with Crippen LogP contribution in [0.25, 0.3) is 0 Å². The molecule has 0 atom stereocenters. The van der Waals surface area contributed by atoms with Gasteiger partial charge in [-0.05, 0) is 43.2 Å². The maximum absolute atomic E-state index is 13.0. The minimum atomic E-state index is -0.0808. The number of carbonyl (C=O) groups excluding carboxylic acids is 1. The third kappa shape index (κ3) is 2.92. The SMILES string of the molecule is CCN(c1ccccc1)c1nccc(C(=O)N2CCc3ccccc32)n1. The van der Waals surface area contributed by atoms with Gasteiger partial charge in [0.25, 0.3) is 5.91 Å². The number of amides is 1. The number of hydrogen-bond acceptors (Lipinski definition) is 4. The molecule has 0 fully saturated rings. The Kier molecular flexibility index (Phi) is 4.35. The number of nitrogens with zero attached hydrogens (tertiary/aromatic N) is 4. The van der Waals surface area contributed by atoms with Crippen molar-refractivity contribution in [2.45, 2.75) is 13.3 Å². The van der Waals surface area contributed by atoms with E-state index < -0.39 is 0 Å². The summed E-state index contributed by atoms with van der Waals surface area (Å²) in [5.41, 5.74) is 3.61. The van der Waals surface area contributed by atoms with E-state index in [4.69, 9.17) is 0 Å². The van der Waals surface area contributed by atoms with Gasteiger partial charge in [0, 0.05) is 30.7 Å². The maximum Gasteiger partial charge on any atom is 0.277 e. The van der Waals surface area contributed by atoms with Crippen molar-refractivity contribution in [3.8, 4) is 0 Å². The summed E-state index contributed by atoms with van der Waals surface area (Å²) in [6, 6.07) is 19.7. The predicted molar refractivity (Wildman–Crippen MR) is 103 cm³/mol. The van der Waals surface area contributed by atoms with Gasteiger partial charge < -0.3 is 9.80 Å². The van der Waals surface area contributed by atoms with Crippen LogP contribution in [0.3, 0.4) is 0 Å². The van der Waals surface area contributed by atoms with Crippen molar-refractivity contribution in [3.63, 3.8) is 0 Å². The van der Waals surface area contributed by atoms with E-state index in [1.165, 1.54) is 5.56 Å². The lowest BCUT2D eigenvalue weighted by molar-refractivity contribution is 0.0984. The van der Waals surface area contributed by atoms with Crippen molar-refractivity contribution in [2.75, 3.05) is 22.9 Å². The molecule has 2 heterocycles. The van der Waals surface area contributed by atoms with Crippen molar-refractivity contribution in [3.05, 3.63) is 78.1 Å². The van der Waals surface area contributed by atoms with Gasteiger partial charge in [0.1, 0.15) is 5.69 Å². The molecule has 0 unspecified atom stereocenters. The van der Waals surface area contributed by atoms with Crippen molar-refractivity contribution in [1.29, 1.82) is 0 Å². The largest absolute Gasteiger partial charge is 0.311 e. The second-order valence-corrected chi connectivity index (χ2v) is 6.16. The molecular formula is C21H20N4O. The molecule has 130 valence electrons. The quantitative estimate of drug-likeness (QED) is 0.721. The number of carbonyl (C=O) groups is 1. The summed E-state index contributed by atoms with van der Waals surface area (Å²) in [6.07, 6.45) is 2.54. The molecule has 5 nitrogen and oxygen atoms in total. The van der Waals surface area contributed by atoms with Gasteiger partial charge in [-0.3, -0.25) is 4.79 Å². The van der Waals surface area contributed by atoms with Crippen LogP contribution in [0.4, 0.5) is 17.3 Å². The molecule has 4 rings (SSSR count). The number of rotatable bonds is 4. The second kappa shape index (κ2) is 6.96. The van der Waals surface area contributed by atoms with Crippen LogP contribution < -0.4 is 9.80 Å². The van der Waals surface area contributed by atoms with Crippen molar-refractivity contribution in [2.24, 2.45) is 0 Å². The zero-order valence-corrected chi connectivity index (χ0v) is 14.7. The van der Waals surface area contributed by atoms with Crippen LogP contribution in [0.2, 0.25) is 0 Å². The van der Waals surface area contributed by atoms with E-state index in [0.717, 1.165) is 17.8 Å². The second-order valence-electron chi connectivity index (χ2n) is 6.16. The Morgan fingerprint density at radius 2 is 1.85 bits per heavy atom. The zero-order chi connectivity index (χ0) is 17.9. The highest BCUT2D eigenvalue weighted by Crippen LogP contribution is 2.29. The van der Waals surface area contributed by atoms with Crippen LogP contribution in [0.5, 0.6) is 0 Å². The highest BCUT2D eigenvalue weighted by molar-refractivity contribution is 6.06. The van der Waals surface area contributed by atoms with Crippen molar-refractivity contribution >= 4 is 23.2 Å². The first-order valence-electron chi connectivity index (χ1n) is 8.83. The highest BCUT2D eigenvalue weighted by atomic mass is 16.2. The Balaban J connectivity index is 1.65. The van der Waals surface area contributed by atoms with Crippen molar-refractivity contribution < 1.29 is 4.79 Å². The number of hydrogen-bond donors (Lipinski definition) is 0. The number of fused-ring (bicyclic) bond motifs is 1. The lowest BCUT2D eigenvalue weighted by Crippen LogP contribution is -2.30. The van der Waals surface area contributed by atoms with E-state index >= 15 is 0 Å². The molecule has 2 aromatic carbocycles. The van der Waals surface area contributed by atoms with E-state index in [2.05, 4.69) is 16.0 Å². The molecule has 0 saturated heterocycles. The summed E-state index contributed by atoms with van der Waals surface area (Å²) < 4.78 is 0. The van der Waals surface area contributed by atoms with Crippen LogP contribution in [0.15, 0.2) is 66.9 Å². The summed E-state index contributed by atoms with van der Waals surface area (Å²) >= 11 is 0. The Labute approximate surface area is 152 Å². The van der Waals surface area contributed by atoms with Gasteiger partial charge >= 0.3 is 0 Å². The van der Waals surface area contributed by atoms with Crippen molar-refractivity contribution in [1.82, 2.24) is 9.97 Å². The molecule has 1 aliphatic heterocycles. The van der Waals surface area contributed by atoms with Gasteiger partial charge in [0.2, 0.25) is 5.95 Å². The summed E-state index contributed by atoms with van der Waals surface area (Å²) in [5.74, 6) is 0.458. The Morgan fingerprint density at radius 3 is 2.65 bits per heavy atom. The monoisotopic (exact) mass is 344 g/mol. The average Bonchev–Trinajstić information content (AvgIpc) is 3.13. The van der Waals surface area contributed by atoms with Gasteiger partial charge in [-0.2, -0.15) is 0 Å². The van der Waals surface area contributed by atoms with Gasteiger partial charge in [-0.25, -0.2) is 9.97 Å². The standard InChI is InChI=1S/C21H20N4O/c1-2-24(17-9-4-3-5-10-17)21-22-14-12-18(23-21)20(26)25-15-13-16-8-6-7-11-19(16)25/h3-12,14H,2,13,15H2,1H3. The lowest BCUT2D eigenvalue weighted by atomic mass is 10.2. The third-order valence-electron chi connectivity index (χ3n) is 4.62. The third-order valence-corrected chi connectivity index (χ3v) is 4.62. The number of benzene rings is 2. The summed E-state index contributed by atoms with van der Waals surface area (Å²) in [5, 5.41) is 0. The fourth-order valence-electron chi connectivity index (χ4n) is 3.33. The normalized spacial score (nSPS) is 12.7. The molecule has 0 radical (unpaired) electrons. The Morgan fingerprint density at radius 1 is 1.08 bits per heavy atom. The van der Waals surface area contributed by atoms with Crippen LogP contribution in [-0.4, -0.2) is 29.0 Å². The molecule has 0 bridgehead atoms. The smallest absolute Gasteiger partial charge is 0.277 e. The molecule has 1 amide bonds. The molecule has 1 aromatic heterocycles. The molecule has 26 heavy (non-hydrogen) atoms. The summed E-state index contributed by atoms with van der Waals surface area (Å²) in [6.45, 7) is 3.45. The number of aromatic nitrogens is 2. The van der Waals surface area contributed by atoms with Crippen LogP contribution in [-0.2, 0) is 6.42 Å². The van der Waals surface area contributed by atoms with E-state index in [-0.39, 0.29) is 5.91 Å². The average molecular weight is 344 g/mol. The molecule has 1 aliphatic rings. The van der Waals surface area contributed by atoms with Crippen LogP contribution in [0.1, 0.15) is 23.0 Å². The lowest BCUT2D eigenvalue weighted by Gasteiger charge is -2.22. The van der Waals surface area contributed by atoms with Crippen LogP contribution >= 0.6 is 0 Å². The van der Waals surface area contributed by atoms with E-state index in [9.17, 15) is 4.79 Å². The topological polar surface area (TPSA) is 49.3 Å². The molecule has 0 aliphatic carbocycles. The van der Waals surface area contributed by atoms with E-state index in [0.29, 0.717) is 24.7 Å². The van der Waals surface area contributed by atoms with Gasteiger partial charge in [-0.15, -0.1) is 0 Å². The minimum absolute atomic E-state index is 0.0808. The summed E-state index contributed by atoms with van der Waals surface area (Å²) in [4.78, 5) is 25.8. The van der Waals surface area contributed by atoms with E-state index in [1.807, 2.05) is 60.4 Å². The van der Waals surface area contributed by atoms with Gasteiger partial charge in [-0.1, -0.05) is 36.4 Å². The molecule has 0 spiro atoms. The van der Waals surface area contributed by atoms with Gasteiger partial charge in [0.15, 0.2) is 0 Å². The molecule has 0 saturated carbocycles. The summed E-state index contributed by atoms with van der Waals surface area (Å²) in [7, 11) is 0. The predicted octanol–water partition coefficient (Wildman–Crippen LogP) is 3.84. The Hall–Kier alpha value is -3.21. The fourth-order valence-corrected chi connectivity index (χ4v) is 3.33. The maximum atomic E-state index is 13.0. The zero-order valence-electron chi connectivity index (χ0n) is 14.7. The first-order valence-corrected chi connectivity index (χ1v) is 8.83. The Bertz CT molecular complexity index is 926. The van der Waals surface area contributed by atoms with Gasteiger partial charge in [0.05, 0.1) is 0 Å². The minimum Gasteiger partial charge on any atom is -0.311 e. The molecule has 5 heteroatoms. The first-order chi connectivity index (χ1) is 12.8. The fraction of sp³-hybridized carbons (Fsp3) is 0.190. The number of para-hydroxylation sites is 2. The number of anilines is 3. The molecule has 0 N–H and O–H groups in total.